The van der Waals surface area contributed by atoms with Gasteiger partial charge in [0.1, 0.15) is 11.8 Å². The Labute approximate surface area is 105 Å². The molecule has 0 radical (unpaired) electrons. The van der Waals surface area contributed by atoms with Crippen molar-refractivity contribution < 1.29 is 14.7 Å². The molecule has 2 amide bonds. The van der Waals surface area contributed by atoms with Crippen molar-refractivity contribution >= 4 is 11.8 Å². The molecule has 1 aliphatic heterocycles. The van der Waals surface area contributed by atoms with Crippen LogP contribution >= 0.6 is 0 Å². The van der Waals surface area contributed by atoms with Crippen molar-refractivity contribution in [1.29, 1.82) is 0 Å². The van der Waals surface area contributed by atoms with Gasteiger partial charge in [0, 0.05) is 18.7 Å². The summed E-state index contributed by atoms with van der Waals surface area (Å²) in [6.07, 6.45) is 0. The SMILES string of the molecule is Cc1ccc(C(=O)N2CCNC(=O)C2C)cc1O. The summed E-state index contributed by atoms with van der Waals surface area (Å²) in [7, 11) is 0. The number of phenols is 1. The normalized spacial score (nSPS) is 19.6. The van der Waals surface area contributed by atoms with E-state index in [2.05, 4.69) is 5.32 Å². The van der Waals surface area contributed by atoms with Crippen LogP contribution in [0, 0.1) is 6.92 Å². The van der Waals surface area contributed by atoms with Crippen LogP contribution in [0.25, 0.3) is 0 Å². The number of nitrogens with zero attached hydrogens (tertiary/aromatic N) is 1. The molecule has 2 N–H and O–H groups in total. The Hall–Kier alpha value is -2.04. The lowest BCUT2D eigenvalue weighted by Gasteiger charge is -2.32. The van der Waals surface area contributed by atoms with Crippen LogP contribution in [0.4, 0.5) is 0 Å². The van der Waals surface area contributed by atoms with E-state index in [1.165, 1.54) is 11.0 Å². The maximum atomic E-state index is 12.3. The molecule has 5 heteroatoms. The first-order valence-corrected chi connectivity index (χ1v) is 5.89. The van der Waals surface area contributed by atoms with Gasteiger partial charge in [0.25, 0.3) is 5.91 Å². The molecule has 5 nitrogen and oxygen atoms in total. The van der Waals surface area contributed by atoms with Crippen molar-refractivity contribution in [3.05, 3.63) is 29.3 Å². The molecular weight excluding hydrogens is 232 g/mol. The van der Waals surface area contributed by atoms with Crippen molar-refractivity contribution in [2.75, 3.05) is 13.1 Å². The largest absolute Gasteiger partial charge is 0.508 e. The molecule has 1 aromatic carbocycles. The van der Waals surface area contributed by atoms with Crippen molar-refractivity contribution in [1.82, 2.24) is 10.2 Å². The Morgan fingerprint density at radius 3 is 2.89 bits per heavy atom. The molecule has 1 atom stereocenters. The predicted octanol–water partition coefficient (Wildman–Crippen LogP) is 0.661. The van der Waals surface area contributed by atoms with Gasteiger partial charge in [-0.3, -0.25) is 9.59 Å². The summed E-state index contributed by atoms with van der Waals surface area (Å²) in [5, 5.41) is 12.3. The first-order chi connectivity index (χ1) is 8.50. The predicted molar refractivity (Wildman–Crippen MR) is 66.4 cm³/mol. The summed E-state index contributed by atoms with van der Waals surface area (Å²) in [6, 6.07) is 4.32. The smallest absolute Gasteiger partial charge is 0.254 e. The lowest BCUT2D eigenvalue weighted by Crippen LogP contribution is -2.55. The standard InChI is InChI=1S/C13H16N2O3/c1-8-3-4-10(7-11(8)16)13(18)15-6-5-14-12(17)9(15)2/h3-4,7,9,16H,5-6H2,1-2H3,(H,14,17). The number of aryl methyl sites for hydroxylation is 1. The molecule has 0 saturated carbocycles. The summed E-state index contributed by atoms with van der Waals surface area (Å²) in [5.41, 5.74) is 1.12. The molecule has 96 valence electrons. The van der Waals surface area contributed by atoms with E-state index in [1.54, 1.807) is 26.0 Å². The van der Waals surface area contributed by atoms with Gasteiger partial charge >= 0.3 is 0 Å². The fourth-order valence-electron chi connectivity index (χ4n) is 1.97. The van der Waals surface area contributed by atoms with Crippen molar-refractivity contribution in [3.63, 3.8) is 0 Å². The molecule has 1 aromatic rings. The summed E-state index contributed by atoms with van der Waals surface area (Å²) >= 11 is 0. The van der Waals surface area contributed by atoms with Gasteiger partial charge in [-0.15, -0.1) is 0 Å². The van der Waals surface area contributed by atoms with Crippen LogP contribution in [-0.2, 0) is 4.79 Å². The molecule has 0 aliphatic carbocycles. The zero-order valence-corrected chi connectivity index (χ0v) is 10.4. The van der Waals surface area contributed by atoms with E-state index in [0.717, 1.165) is 5.56 Å². The molecule has 1 heterocycles. The second-order valence-electron chi connectivity index (χ2n) is 4.47. The van der Waals surface area contributed by atoms with E-state index in [4.69, 9.17) is 0 Å². The molecule has 2 rings (SSSR count). The minimum Gasteiger partial charge on any atom is -0.508 e. The zero-order chi connectivity index (χ0) is 13.3. The fraction of sp³-hybridized carbons (Fsp3) is 0.385. The number of aromatic hydroxyl groups is 1. The molecule has 0 aromatic heterocycles. The summed E-state index contributed by atoms with van der Waals surface area (Å²) in [6.45, 7) is 4.41. The van der Waals surface area contributed by atoms with Gasteiger partial charge in [0.2, 0.25) is 5.91 Å². The Morgan fingerprint density at radius 1 is 1.50 bits per heavy atom. The molecule has 1 fully saturated rings. The van der Waals surface area contributed by atoms with Gasteiger partial charge in [-0.2, -0.15) is 0 Å². The first kappa shape index (κ1) is 12.4. The van der Waals surface area contributed by atoms with Crippen LogP contribution in [0.5, 0.6) is 5.75 Å². The van der Waals surface area contributed by atoms with Gasteiger partial charge in [-0.25, -0.2) is 0 Å². The van der Waals surface area contributed by atoms with Crippen LogP contribution < -0.4 is 5.32 Å². The summed E-state index contributed by atoms with van der Waals surface area (Å²) in [5.74, 6) is -0.284. The van der Waals surface area contributed by atoms with E-state index >= 15 is 0 Å². The van der Waals surface area contributed by atoms with Gasteiger partial charge < -0.3 is 15.3 Å². The number of carbonyl (C=O) groups is 2. The minimum absolute atomic E-state index is 0.0926. The van der Waals surface area contributed by atoms with E-state index in [0.29, 0.717) is 18.7 Å². The molecule has 0 bridgehead atoms. The number of phenolic OH excluding ortho intramolecular Hbond substituents is 1. The second-order valence-corrected chi connectivity index (χ2v) is 4.47. The molecule has 1 unspecified atom stereocenters. The van der Waals surface area contributed by atoms with Crippen LogP contribution in [0.2, 0.25) is 0 Å². The Kier molecular flexibility index (Phi) is 3.23. The second kappa shape index (κ2) is 4.68. The lowest BCUT2D eigenvalue weighted by molar-refractivity contribution is -0.127. The topological polar surface area (TPSA) is 69.6 Å². The Bertz CT molecular complexity index is 499. The van der Waals surface area contributed by atoms with Crippen molar-refractivity contribution in [2.24, 2.45) is 0 Å². The highest BCUT2D eigenvalue weighted by molar-refractivity contribution is 5.98. The molecule has 18 heavy (non-hydrogen) atoms. The average Bonchev–Trinajstić information content (AvgIpc) is 2.35. The van der Waals surface area contributed by atoms with Gasteiger partial charge in [-0.05, 0) is 31.5 Å². The number of amides is 2. The van der Waals surface area contributed by atoms with Gasteiger partial charge in [0.15, 0.2) is 0 Å². The maximum absolute atomic E-state index is 12.3. The number of benzene rings is 1. The quantitative estimate of drug-likeness (QED) is 0.767. The highest BCUT2D eigenvalue weighted by Crippen LogP contribution is 2.19. The third-order valence-electron chi connectivity index (χ3n) is 3.22. The minimum atomic E-state index is -0.477. The first-order valence-electron chi connectivity index (χ1n) is 5.89. The number of piperazine rings is 1. The molecule has 1 aliphatic rings. The highest BCUT2D eigenvalue weighted by atomic mass is 16.3. The molecule has 1 saturated heterocycles. The third-order valence-corrected chi connectivity index (χ3v) is 3.22. The van der Waals surface area contributed by atoms with Crippen LogP contribution in [-0.4, -0.2) is 41.0 Å². The van der Waals surface area contributed by atoms with Crippen molar-refractivity contribution in [3.8, 4) is 5.75 Å². The number of hydrogen-bond acceptors (Lipinski definition) is 3. The third kappa shape index (κ3) is 2.16. The van der Waals surface area contributed by atoms with E-state index in [1.807, 2.05) is 0 Å². The number of carbonyl (C=O) groups excluding carboxylic acids is 2. The molecule has 0 spiro atoms. The Balaban J connectivity index is 2.25. The van der Waals surface area contributed by atoms with E-state index in [9.17, 15) is 14.7 Å². The number of hydrogen-bond donors (Lipinski definition) is 2. The number of rotatable bonds is 1. The maximum Gasteiger partial charge on any atom is 0.254 e. The fourth-order valence-corrected chi connectivity index (χ4v) is 1.97. The van der Waals surface area contributed by atoms with Crippen LogP contribution in [0.3, 0.4) is 0 Å². The van der Waals surface area contributed by atoms with Crippen molar-refractivity contribution in [2.45, 2.75) is 19.9 Å². The van der Waals surface area contributed by atoms with Crippen LogP contribution in [0.15, 0.2) is 18.2 Å². The van der Waals surface area contributed by atoms with Gasteiger partial charge in [0.05, 0.1) is 0 Å². The highest BCUT2D eigenvalue weighted by Gasteiger charge is 2.29. The van der Waals surface area contributed by atoms with E-state index in [-0.39, 0.29) is 17.6 Å². The zero-order valence-electron chi connectivity index (χ0n) is 10.4. The summed E-state index contributed by atoms with van der Waals surface area (Å²) in [4.78, 5) is 25.3. The average molecular weight is 248 g/mol. The molecular formula is C13H16N2O3. The van der Waals surface area contributed by atoms with Gasteiger partial charge in [-0.1, -0.05) is 6.07 Å². The Morgan fingerprint density at radius 2 is 2.22 bits per heavy atom. The monoisotopic (exact) mass is 248 g/mol. The van der Waals surface area contributed by atoms with E-state index < -0.39 is 6.04 Å². The number of nitrogens with one attached hydrogen (secondary N) is 1. The lowest BCUT2D eigenvalue weighted by atomic mass is 10.1. The summed E-state index contributed by atoms with van der Waals surface area (Å²) < 4.78 is 0. The van der Waals surface area contributed by atoms with Crippen LogP contribution in [0.1, 0.15) is 22.8 Å².